The average Bonchev–Trinajstić information content (AvgIpc) is 3.11. The predicted octanol–water partition coefficient (Wildman–Crippen LogP) is 2.92. The van der Waals surface area contributed by atoms with E-state index in [0.29, 0.717) is 17.0 Å². The van der Waals surface area contributed by atoms with Crippen LogP contribution < -0.4 is 5.32 Å². The van der Waals surface area contributed by atoms with E-state index in [1.807, 2.05) is 0 Å². The quantitative estimate of drug-likeness (QED) is 0.709. The van der Waals surface area contributed by atoms with Gasteiger partial charge < -0.3 is 15.2 Å². The van der Waals surface area contributed by atoms with Crippen LogP contribution in [0.25, 0.3) is 11.0 Å². The number of H-pyrrole nitrogens is 1. The van der Waals surface area contributed by atoms with Crippen molar-refractivity contribution in [2.75, 3.05) is 11.9 Å². The lowest BCUT2D eigenvalue weighted by Gasteiger charge is -2.35. The molecule has 6 nitrogen and oxygen atoms in total. The van der Waals surface area contributed by atoms with E-state index in [4.69, 9.17) is 0 Å². The molecule has 1 atom stereocenters. The van der Waals surface area contributed by atoms with Gasteiger partial charge in [0.05, 0.1) is 11.4 Å². The molecule has 4 rings (SSSR count). The second-order valence-electron chi connectivity index (χ2n) is 6.04. The fraction of sp³-hybridized carbons (Fsp3) is 0.167. The highest BCUT2D eigenvalue weighted by molar-refractivity contribution is 5.88. The normalized spacial score (nSPS) is 16.4. The number of hydrogen-bond acceptors (Lipinski definition) is 4. The second kappa shape index (κ2) is 6.21. The van der Waals surface area contributed by atoms with Crippen LogP contribution in [0.5, 0.6) is 0 Å². The Morgan fingerprint density at radius 3 is 3.04 bits per heavy atom. The lowest BCUT2D eigenvalue weighted by molar-refractivity contribution is -0.127. The van der Waals surface area contributed by atoms with Crippen LogP contribution in [0.3, 0.4) is 0 Å². The Balaban J connectivity index is 1.78. The molecule has 0 aliphatic carbocycles. The largest absolute Gasteiger partial charge is 0.361 e. The number of rotatable bonds is 3. The summed E-state index contributed by atoms with van der Waals surface area (Å²) in [4.78, 5) is 24.9. The number of carbonyl (C=O) groups is 1. The Morgan fingerprint density at radius 2 is 2.23 bits per heavy atom. The first-order chi connectivity index (χ1) is 12.6. The molecular weight excluding hydrogens is 340 g/mol. The summed E-state index contributed by atoms with van der Waals surface area (Å²) in [5.41, 5.74) is 1.39. The van der Waals surface area contributed by atoms with Crippen molar-refractivity contribution >= 4 is 22.8 Å². The molecule has 0 saturated carbocycles. The maximum Gasteiger partial charge on any atom is 0.246 e. The number of benzene rings is 1. The van der Waals surface area contributed by atoms with Gasteiger partial charge in [-0.25, -0.2) is 18.7 Å². The molecule has 0 spiro atoms. The van der Waals surface area contributed by atoms with Crippen molar-refractivity contribution < 1.29 is 13.6 Å². The molecule has 0 unspecified atom stereocenters. The molecule has 1 aliphatic rings. The second-order valence-corrected chi connectivity index (χ2v) is 6.04. The molecule has 0 bridgehead atoms. The summed E-state index contributed by atoms with van der Waals surface area (Å²) in [6.45, 7) is 3.78. The highest BCUT2D eigenvalue weighted by Crippen LogP contribution is 2.33. The lowest BCUT2D eigenvalue weighted by atomic mass is 9.94. The third-order valence-electron chi connectivity index (χ3n) is 4.47. The van der Waals surface area contributed by atoms with Crippen LogP contribution in [0.2, 0.25) is 0 Å². The first-order valence-corrected chi connectivity index (χ1v) is 8.00. The number of halogens is 2. The van der Waals surface area contributed by atoms with E-state index < -0.39 is 17.7 Å². The smallest absolute Gasteiger partial charge is 0.246 e. The van der Waals surface area contributed by atoms with Crippen LogP contribution >= 0.6 is 0 Å². The fourth-order valence-corrected chi connectivity index (χ4v) is 3.25. The number of fused-ring (bicyclic) bond motifs is 2. The molecule has 132 valence electrons. The van der Waals surface area contributed by atoms with Gasteiger partial charge in [-0.2, -0.15) is 0 Å². The average molecular weight is 355 g/mol. The van der Waals surface area contributed by atoms with E-state index >= 15 is 0 Å². The maximum atomic E-state index is 14.3. The minimum absolute atomic E-state index is 0.0633. The van der Waals surface area contributed by atoms with Gasteiger partial charge in [-0.15, -0.1) is 0 Å². The maximum absolute atomic E-state index is 14.3. The summed E-state index contributed by atoms with van der Waals surface area (Å²) in [7, 11) is 0. The number of nitrogens with zero attached hydrogens (tertiary/aromatic N) is 3. The highest BCUT2D eigenvalue weighted by atomic mass is 19.1. The van der Waals surface area contributed by atoms with E-state index in [2.05, 4.69) is 26.8 Å². The van der Waals surface area contributed by atoms with Gasteiger partial charge in [-0.1, -0.05) is 6.58 Å². The topological polar surface area (TPSA) is 73.9 Å². The Bertz CT molecular complexity index is 1020. The molecule has 3 aromatic rings. The Morgan fingerprint density at radius 1 is 1.38 bits per heavy atom. The summed E-state index contributed by atoms with van der Waals surface area (Å²) in [5, 5.41) is 3.95. The van der Waals surface area contributed by atoms with Crippen molar-refractivity contribution in [1.29, 1.82) is 0 Å². The van der Waals surface area contributed by atoms with E-state index in [9.17, 15) is 13.6 Å². The van der Waals surface area contributed by atoms with Crippen molar-refractivity contribution in [3.8, 4) is 0 Å². The molecular formula is C18H15F2N5O. The third kappa shape index (κ3) is 2.69. The lowest BCUT2D eigenvalue weighted by Crippen LogP contribution is -2.40. The van der Waals surface area contributed by atoms with Crippen LogP contribution in [-0.2, 0) is 11.3 Å². The van der Waals surface area contributed by atoms with E-state index in [-0.39, 0.29) is 24.6 Å². The number of carbonyl (C=O) groups excluding carboxylic acids is 1. The van der Waals surface area contributed by atoms with Crippen LogP contribution in [0, 0.1) is 11.6 Å². The van der Waals surface area contributed by atoms with Gasteiger partial charge in [0.1, 0.15) is 29.4 Å². The van der Waals surface area contributed by atoms with Crippen LogP contribution in [0.4, 0.5) is 14.6 Å². The zero-order valence-electron chi connectivity index (χ0n) is 13.7. The van der Waals surface area contributed by atoms with Crippen molar-refractivity contribution in [1.82, 2.24) is 19.9 Å². The molecule has 3 heterocycles. The Labute approximate surface area is 147 Å². The number of amides is 1. The zero-order chi connectivity index (χ0) is 18.3. The summed E-state index contributed by atoms with van der Waals surface area (Å²) < 4.78 is 28.1. The SMILES string of the molecule is C=CC(=O)N1Cc2c(F)cc(F)cc2[C@H](Nc2ncnc3[nH]ccc23)C1. The van der Waals surface area contributed by atoms with Crippen LogP contribution in [0.15, 0.2) is 43.4 Å². The Kier molecular flexibility index (Phi) is 3.87. The number of hydrogen-bond donors (Lipinski definition) is 2. The number of aromatic amines is 1. The molecule has 1 amide bonds. The monoisotopic (exact) mass is 355 g/mol. The van der Waals surface area contributed by atoms with Gasteiger partial charge in [0, 0.05) is 30.9 Å². The molecule has 1 aromatic carbocycles. The van der Waals surface area contributed by atoms with Gasteiger partial charge in [-0.05, 0) is 23.8 Å². The van der Waals surface area contributed by atoms with Crippen molar-refractivity contribution in [2.45, 2.75) is 12.6 Å². The predicted molar refractivity (Wildman–Crippen MR) is 92.2 cm³/mol. The zero-order valence-corrected chi connectivity index (χ0v) is 13.7. The highest BCUT2D eigenvalue weighted by Gasteiger charge is 2.30. The van der Waals surface area contributed by atoms with E-state index in [1.54, 1.807) is 12.3 Å². The fourth-order valence-electron chi connectivity index (χ4n) is 3.25. The molecule has 1 aliphatic heterocycles. The number of nitrogens with one attached hydrogen (secondary N) is 2. The molecule has 8 heteroatoms. The minimum Gasteiger partial charge on any atom is -0.361 e. The third-order valence-corrected chi connectivity index (χ3v) is 4.47. The van der Waals surface area contributed by atoms with Gasteiger partial charge in [0.15, 0.2) is 0 Å². The van der Waals surface area contributed by atoms with E-state index in [0.717, 1.165) is 11.5 Å². The first-order valence-electron chi connectivity index (χ1n) is 8.00. The van der Waals surface area contributed by atoms with Crippen LogP contribution in [0.1, 0.15) is 17.2 Å². The van der Waals surface area contributed by atoms with Gasteiger partial charge >= 0.3 is 0 Å². The van der Waals surface area contributed by atoms with Gasteiger partial charge in [-0.3, -0.25) is 4.79 Å². The van der Waals surface area contributed by atoms with Gasteiger partial charge in [0.25, 0.3) is 0 Å². The summed E-state index contributed by atoms with van der Waals surface area (Å²) in [5.74, 6) is -1.14. The van der Waals surface area contributed by atoms with Crippen molar-refractivity contribution in [3.05, 3.63) is 66.1 Å². The molecule has 26 heavy (non-hydrogen) atoms. The number of anilines is 1. The Hall–Kier alpha value is -3.29. The van der Waals surface area contributed by atoms with Crippen molar-refractivity contribution in [3.63, 3.8) is 0 Å². The minimum atomic E-state index is -0.678. The summed E-state index contributed by atoms with van der Waals surface area (Å²) in [6, 6.07) is 3.40. The van der Waals surface area contributed by atoms with E-state index in [1.165, 1.54) is 23.4 Å². The molecule has 0 radical (unpaired) electrons. The van der Waals surface area contributed by atoms with Gasteiger partial charge in [0.2, 0.25) is 5.91 Å². The molecule has 2 N–H and O–H groups in total. The summed E-state index contributed by atoms with van der Waals surface area (Å²) in [6.07, 6.45) is 4.30. The van der Waals surface area contributed by atoms with Crippen molar-refractivity contribution in [2.24, 2.45) is 0 Å². The number of aromatic nitrogens is 3. The molecule has 0 saturated heterocycles. The summed E-state index contributed by atoms with van der Waals surface area (Å²) >= 11 is 0. The molecule has 2 aromatic heterocycles. The first kappa shape index (κ1) is 16.2. The molecule has 0 fully saturated rings. The van der Waals surface area contributed by atoms with Crippen LogP contribution in [-0.4, -0.2) is 32.3 Å². The standard InChI is InChI=1S/C18H15F2N5O/c1-2-16(26)25-7-13-12(5-10(19)6-14(13)20)15(8-25)24-18-11-3-4-21-17(11)22-9-23-18/h2-6,9,15H,1,7-8H2,(H2,21,22,23,24)/t15-/m1/s1.